The predicted octanol–water partition coefficient (Wildman–Crippen LogP) is 2.67. The summed E-state index contributed by atoms with van der Waals surface area (Å²) >= 11 is 0. The van der Waals surface area contributed by atoms with Crippen LogP contribution in [-0.2, 0) is 11.2 Å². The monoisotopic (exact) mass is 328 g/mol. The first-order valence-corrected chi connectivity index (χ1v) is 7.89. The molecule has 0 unspecified atom stereocenters. The summed E-state index contributed by atoms with van der Waals surface area (Å²) in [6, 6.07) is 1.30. The first-order chi connectivity index (χ1) is 10.9. The number of carbonyl (C=O) groups excluding carboxylic acids is 1. The van der Waals surface area contributed by atoms with Crippen LogP contribution in [0.25, 0.3) is 0 Å². The van der Waals surface area contributed by atoms with E-state index in [1.807, 2.05) is 6.92 Å². The fourth-order valence-corrected chi connectivity index (χ4v) is 2.05. The van der Waals surface area contributed by atoms with Crippen LogP contribution in [0.4, 0.5) is 8.78 Å². The number of benzene rings is 1. The van der Waals surface area contributed by atoms with Gasteiger partial charge in [0.25, 0.3) is 0 Å². The summed E-state index contributed by atoms with van der Waals surface area (Å²) in [7, 11) is 3.31. The van der Waals surface area contributed by atoms with E-state index in [1.165, 1.54) is 11.0 Å². The third-order valence-corrected chi connectivity index (χ3v) is 3.53. The molecule has 1 N–H and O–H groups in total. The van der Waals surface area contributed by atoms with Crippen molar-refractivity contribution in [1.29, 1.82) is 0 Å². The molecule has 0 fully saturated rings. The number of hydrogen-bond donors (Lipinski definition) is 1. The highest BCUT2D eigenvalue weighted by molar-refractivity contribution is 5.77. The standard InChI is InChI=1S/C17H26F2N2O2/c1-5-6-9-23-17-12(2)10-14(18)13(16(17)19)7-8-20-11-15(22)21(3)4/h10,20H,5-9,11H2,1-4H3. The highest BCUT2D eigenvalue weighted by atomic mass is 19.1. The van der Waals surface area contributed by atoms with Gasteiger partial charge in [0.2, 0.25) is 5.91 Å². The first kappa shape index (κ1) is 19.4. The highest BCUT2D eigenvalue weighted by Gasteiger charge is 2.17. The van der Waals surface area contributed by atoms with Gasteiger partial charge in [-0.3, -0.25) is 4.79 Å². The van der Waals surface area contributed by atoms with E-state index in [0.717, 1.165) is 12.8 Å². The van der Waals surface area contributed by atoms with E-state index in [2.05, 4.69) is 5.32 Å². The van der Waals surface area contributed by atoms with Gasteiger partial charge in [0.1, 0.15) is 5.82 Å². The number of amides is 1. The minimum absolute atomic E-state index is 0.00750. The van der Waals surface area contributed by atoms with Gasteiger partial charge in [0, 0.05) is 19.7 Å². The molecule has 130 valence electrons. The maximum Gasteiger partial charge on any atom is 0.236 e. The Balaban J connectivity index is 2.70. The summed E-state index contributed by atoms with van der Waals surface area (Å²) in [6.07, 6.45) is 1.92. The summed E-state index contributed by atoms with van der Waals surface area (Å²) in [6.45, 7) is 4.51. The molecule has 0 aliphatic heterocycles. The zero-order valence-electron chi connectivity index (χ0n) is 14.3. The van der Waals surface area contributed by atoms with Crippen molar-refractivity contribution in [3.05, 3.63) is 28.8 Å². The molecule has 6 heteroatoms. The van der Waals surface area contributed by atoms with Crippen molar-refractivity contribution in [2.45, 2.75) is 33.1 Å². The number of halogens is 2. The number of ether oxygens (including phenoxy) is 1. The zero-order valence-corrected chi connectivity index (χ0v) is 14.3. The van der Waals surface area contributed by atoms with Crippen LogP contribution in [0.3, 0.4) is 0 Å². The van der Waals surface area contributed by atoms with Gasteiger partial charge in [-0.05, 0) is 37.9 Å². The summed E-state index contributed by atoms with van der Waals surface area (Å²) in [5, 5.41) is 2.89. The summed E-state index contributed by atoms with van der Waals surface area (Å²) in [4.78, 5) is 12.9. The van der Waals surface area contributed by atoms with Crippen LogP contribution in [0.5, 0.6) is 5.75 Å². The Labute approximate surface area is 136 Å². The molecule has 0 bridgehead atoms. The van der Waals surface area contributed by atoms with E-state index in [9.17, 15) is 13.6 Å². The van der Waals surface area contributed by atoms with Crippen molar-refractivity contribution in [2.24, 2.45) is 0 Å². The Bertz CT molecular complexity index is 534. The van der Waals surface area contributed by atoms with Gasteiger partial charge in [0.05, 0.1) is 13.2 Å². The molecule has 23 heavy (non-hydrogen) atoms. The van der Waals surface area contributed by atoms with E-state index < -0.39 is 11.6 Å². The molecule has 0 atom stereocenters. The molecule has 0 aliphatic carbocycles. The Kier molecular flexibility index (Phi) is 7.95. The van der Waals surface area contributed by atoms with Gasteiger partial charge in [-0.25, -0.2) is 8.78 Å². The summed E-state index contributed by atoms with van der Waals surface area (Å²) in [5.41, 5.74) is 0.447. The van der Waals surface area contributed by atoms with Crippen LogP contribution in [0.2, 0.25) is 0 Å². The highest BCUT2D eigenvalue weighted by Crippen LogP contribution is 2.28. The number of aryl methyl sites for hydroxylation is 1. The van der Waals surface area contributed by atoms with Crippen LogP contribution >= 0.6 is 0 Å². The average Bonchev–Trinajstić information content (AvgIpc) is 2.49. The number of nitrogens with one attached hydrogen (secondary N) is 1. The topological polar surface area (TPSA) is 41.6 Å². The SMILES string of the molecule is CCCCOc1c(C)cc(F)c(CCNCC(=O)N(C)C)c1F. The molecule has 4 nitrogen and oxygen atoms in total. The molecule has 1 rings (SSSR count). The summed E-state index contributed by atoms with van der Waals surface area (Å²) in [5.74, 6) is -1.18. The van der Waals surface area contributed by atoms with Gasteiger partial charge >= 0.3 is 0 Å². The van der Waals surface area contributed by atoms with Crippen molar-refractivity contribution in [2.75, 3.05) is 33.8 Å². The van der Waals surface area contributed by atoms with E-state index >= 15 is 0 Å². The van der Waals surface area contributed by atoms with Gasteiger partial charge in [0.15, 0.2) is 11.6 Å². The van der Waals surface area contributed by atoms with Crippen molar-refractivity contribution >= 4 is 5.91 Å². The number of rotatable bonds is 9. The lowest BCUT2D eigenvalue weighted by Gasteiger charge is -2.15. The lowest BCUT2D eigenvalue weighted by atomic mass is 10.1. The molecular formula is C17H26F2N2O2. The fraction of sp³-hybridized carbons (Fsp3) is 0.588. The van der Waals surface area contributed by atoms with Crippen molar-refractivity contribution in [1.82, 2.24) is 10.2 Å². The first-order valence-electron chi connectivity index (χ1n) is 7.89. The van der Waals surface area contributed by atoms with Crippen LogP contribution < -0.4 is 10.1 Å². The Morgan fingerprint density at radius 2 is 2.04 bits per heavy atom. The fourth-order valence-electron chi connectivity index (χ4n) is 2.05. The van der Waals surface area contributed by atoms with E-state index in [0.29, 0.717) is 18.7 Å². The molecule has 0 heterocycles. The molecule has 0 aromatic heterocycles. The maximum atomic E-state index is 14.5. The van der Waals surface area contributed by atoms with Gasteiger partial charge < -0.3 is 15.0 Å². The molecular weight excluding hydrogens is 302 g/mol. The number of nitrogens with zero attached hydrogens (tertiary/aromatic N) is 1. The number of unbranched alkanes of at least 4 members (excludes halogenated alkanes) is 1. The predicted molar refractivity (Wildman–Crippen MR) is 86.8 cm³/mol. The minimum Gasteiger partial charge on any atom is -0.490 e. The Morgan fingerprint density at radius 3 is 2.65 bits per heavy atom. The maximum absolute atomic E-state index is 14.5. The zero-order chi connectivity index (χ0) is 17.4. The third kappa shape index (κ3) is 5.78. The molecule has 1 amide bonds. The van der Waals surface area contributed by atoms with Crippen molar-refractivity contribution in [3.63, 3.8) is 0 Å². The molecule has 0 saturated carbocycles. The van der Waals surface area contributed by atoms with Crippen LogP contribution in [0.1, 0.15) is 30.9 Å². The second kappa shape index (κ2) is 9.45. The van der Waals surface area contributed by atoms with Gasteiger partial charge in [-0.2, -0.15) is 0 Å². The average molecular weight is 328 g/mol. The molecule has 0 radical (unpaired) electrons. The number of likely N-dealkylation sites (N-methyl/N-ethyl adjacent to an activating group) is 1. The normalized spacial score (nSPS) is 10.7. The van der Waals surface area contributed by atoms with Crippen LogP contribution in [0.15, 0.2) is 6.07 Å². The molecule has 1 aromatic carbocycles. The Morgan fingerprint density at radius 1 is 1.35 bits per heavy atom. The summed E-state index contributed by atoms with van der Waals surface area (Å²) < 4.78 is 33.9. The van der Waals surface area contributed by atoms with Crippen molar-refractivity contribution < 1.29 is 18.3 Å². The lowest BCUT2D eigenvalue weighted by molar-refractivity contribution is -0.127. The number of carbonyl (C=O) groups is 1. The van der Waals surface area contributed by atoms with E-state index in [1.54, 1.807) is 21.0 Å². The molecule has 0 spiro atoms. The van der Waals surface area contributed by atoms with Crippen LogP contribution in [-0.4, -0.2) is 44.6 Å². The smallest absolute Gasteiger partial charge is 0.236 e. The van der Waals surface area contributed by atoms with E-state index in [-0.39, 0.29) is 30.2 Å². The largest absolute Gasteiger partial charge is 0.490 e. The van der Waals surface area contributed by atoms with E-state index in [4.69, 9.17) is 4.74 Å². The van der Waals surface area contributed by atoms with Gasteiger partial charge in [-0.1, -0.05) is 13.3 Å². The third-order valence-electron chi connectivity index (χ3n) is 3.53. The second-order valence-corrected chi connectivity index (χ2v) is 5.71. The minimum atomic E-state index is -0.640. The van der Waals surface area contributed by atoms with Crippen molar-refractivity contribution in [3.8, 4) is 5.75 Å². The molecule has 1 aromatic rings. The second-order valence-electron chi connectivity index (χ2n) is 5.71. The lowest BCUT2D eigenvalue weighted by Crippen LogP contribution is -2.34. The number of hydrogen-bond acceptors (Lipinski definition) is 3. The van der Waals surface area contributed by atoms with Crippen LogP contribution in [0, 0.1) is 18.6 Å². The quantitative estimate of drug-likeness (QED) is 0.709. The Hall–Kier alpha value is -1.69. The van der Waals surface area contributed by atoms with Gasteiger partial charge in [-0.15, -0.1) is 0 Å². The molecule has 0 aliphatic rings. The molecule has 0 saturated heterocycles.